The van der Waals surface area contributed by atoms with Crippen LogP contribution in [0.25, 0.3) is 43.1 Å². The Morgan fingerprint density at radius 3 is 1.86 bits per heavy atom. The van der Waals surface area contributed by atoms with Crippen LogP contribution in [-0.2, 0) is 0 Å². The fourth-order valence-electron chi connectivity index (χ4n) is 3.48. The van der Waals surface area contributed by atoms with Crippen LogP contribution >= 0.6 is 0 Å². The van der Waals surface area contributed by atoms with Crippen LogP contribution in [0.2, 0.25) is 0 Å². The Morgan fingerprint density at radius 2 is 1.05 bits per heavy atom. The highest BCUT2D eigenvalue weighted by atomic mass is 14.6. The molecule has 0 fully saturated rings. The van der Waals surface area contributed by atoms with E-state index >= 15 is 0 Å². The molecule has 0 amide bonds. The first-order chi connectivity index (χ1) is 10.9. The molecule has 0 N–H and O–H groups in total. The van der Waals surface area contributed by atoms with Crippen molar-refractivity contribution in [1.29, 1.82) is 0 Å². The fourth-order valence-corrected chi connectivity index (χ4v) is 3.48. The minimum Gasteiger partial charge on any atom is -0.264 e. The molecular formula is C21H13N. The van der Waals surface area contributed by atoms with Crippen LogP contribution < -0.4 is 0 Å². The maximum absolute atomic E-state index is 4.22. The van der Waals surface area contributed by atoms with Crippen molar-refractivity contribution in [2.45, 2.75) is 0 Å². The molecule has 0 aliphatic rings. The summed E-state index contributed by atoms with van der Waals surface area (Å²) in [4.78, 5) is 4.22. The third-order valence-electron chi connectivity index (χ3n) is 4.54. The van der Waals surface area contributed by atoms with Gasteiger partial charge in [0.1, 0.15) is 0 Å². The van der Waals surface area contributed by atoms with Gasteiger partial charge in [-0.25, -0.2) is 0 Å². The van der Waals surface area contributed by atoms with Gasteiger partial charge in [-0.1, -0.05) is 60.7 Å². The van der Waals surface area contributed by atoms with Crippen LogP contribution in [0.1, 0.15) is 0 Å². The molecule has 0 aliphatic heterocycles. The largest absolute Gasteiger partial charge is 0.264 e. The van der Waals surface area contributed by atoms with Gasteiger partial charge in [0, 0.05) is 17.8 Å². The van der Waals surface area contributed by atoms with Gasteiger partial charge < -0.3 is 0 Å². The molecule has 1 aromatic heterocycles. The van der Waals surface area contributed by atoms with Crippen molar-refractivity contribution < 1.29 is 0 Å². The van der Waals surface area contributed by atoms with E-state index in [1.54, 1.807) is 0 Å². The number of aromatic nitrogens is 1. The van der Waals surface area contributed by atoms with Gasteiger partial charge in [0.15, 0.2) is 0 Å². The van der Waals surface area contributed by atoms with E-state index < -0.39 is 0 Å². The molecule has 22 heavy (non-hydrogen) atoms. The van der Waals surface area contributed by atoms with Crippen LogP contribution in [0.15, 0.2) is 79.1 Å². The van der Waals surface area contributed by atoms with E-state index in [0.29, 0.717) is 0 Å². The maximum Gasteiger partial charge on any atom is 0.0346 e. The molecule has 1 nitrogen and oxygen atoms in total. The van der Waals surface area contributed by atoms with Gasteiger partial charge in [-0.05, 0) is 43.8 Å². The minimum atomic E-state index is 1.19. The number of hydrogen-bond donors (Lipinski definition) is 0. The quantitative estimate of drug-likeness (QED) is 0.332. The number of benzene rings is 4. The Kier molecular flexibility index (Phi) is 2.28. The van der Waals surface area contributed by atoms with Gasteiger partial charge in [-0.15, -0.1) is 0 Å². The average Bonchev–Trinajstić information content (AvgIpc) is 2.60. The average molecular weight is 279 g/mol. The Bertz CT molecular complexity index is 1080. The summed E-state index contributed by atoms with van der Waals surface area (Å²) in [6, 6.07) is 24.0. The molecule has 0 spiro atoms. The first-order valence-corrected chi connectivity index (χ1v) is 7.49. The van der Waals surface area contributed by atoms with E-state index in [4.69, 9.17) is 0 Å². The summed E-state index contributed by atoms with van der Waals surface area (Å²) in [5.41, 5.74) is 0. The molecule has 5 aromatic rings. The molecule has 0 unspecified atom stereocenters. The fraction of sp³-hybridized carbons (Fsp3) is 0. The number of rotatable bonds is 0. The van der Waals surface area contributed by atoms with Gasteiger partial charge >= 0.3 is 0 Å². The normalized spacial score (nSPS) is 11.6. The van der Waals surface area contributed by atoms with Crippen molar-refractivity contribution in [2.24, 2.45) is 0 Å². The lowest BCUT2D eigenvalue weighted by atomic mass is 9.95. The number of pyridine rings is 1. The van der Waals surface area contributed by atoms with E-state index in [2.05, 4.69) is 71.7 Å². The number of hydrogen-bond acceptors (Lipinski definition) is 1. The lowest BCUT2D eigenvalue weighted by Gasteiger charge is -2.09. The van der Waals surface area contributed by atoms with Crippen LogP contribution in [0.4, 0.5) is 0 Å². The number of nitrogens with zero attached hydrogens (tertiary/aromatic N) is 1. The Morgan fingerprint density at radius 1 is 0.455 bits per heavy atom. The van der Waals surface area contributed by atoms with E-state index in [9.17, 15) is 0 Å². The van der Waals surface area contributed by atoms with Crippen molar-refractivity contribution in [1.82, 2.24) is 4.98 Å². The monoisotopic (exact) mass is 279 g/mol. The molecule has 0 bridgehead atoms. The predicted octanol–water partition coefficient (Wildman–Crippen LogP) is 5.69. The van der Waals surface area contributed by atoms with Crippen molar-refractivity contribution in [2.75, 3.05) is 0 Å². The van der Waals surface area contributed by atoms with Crippen molar-refractivity contribution >= 4 is 43.1 Å². The maximum atomic E-state index is 4.22. The third-order valence-corrected chi connectivity index (χ3v) is 4.54. The summed E-state index contributed by atoms with van der Waals surface area (Å²) in [6.45, 7) is 0. The summed E-state index contributed by atoms with van der Waals surface area (Å²) in [7, 11) is 0. The third kappa shape index (κ3) is 1.51. The molecule has 0 atom stereocenters. The van der Waals surface area contributed by atoms with Gasteiger partial charge in [0.05, 0.1) is 0 Å². The van der Waals surface area contributed by atoms with Crippen LogP contribution in [0.5, 0.6) is 0 Å². The highest BCUT2D eigenvalue weighted by Gasteiger charge is 2.06. The summed E-state index contributed by atoms with van der Waals surface area (Å²) < 4.78 is 0. The van der Waals surface area contributed by atoms with Crippen LogP contribution in [-0.4, -0.2) is 4.98 Å². The molecule has 0 radical (unpaired) electrons. The van der Waals surface area contributed by atoms with Crippen LogP contribution in [0, 0.1) is 0 Å². The minimum absolute atomic E-state index is 1.19. The molecule has 1 heterocycles. The summed E-state index contributed by atoms with van der Waals surface area (Å²) in [6.07, 6.45) is 3.80. The smallest absolute Gasteiger partial charge is 0.0346 e. The van der Waals surface area contributed by atoms with Gasteiger partial charge in [-0.2, -0.15) is 0 Å². The molecule has 0 aliphatic carbocycles. The topological polar surface area (TPSA) is 12.9 Å². The first-order valence-electron chi connectivity index (χ1n) is 7.49. The van der Waals surface area contributed by atoms with Gasteiger partial charge in [0.25, 0.3) is 0 Å². The lowest BCUT2D eigenvalue weighted by molar-refractivity contribution is 1.37. The molecular weight excluding hydrogens is 266 g/mol. The van der Waals surface area contributed by atoms with Crippen LogP contribution in [0.3, 0.4) is 0 Å². The molecule has 5 rings (SSSR count). The number of fused-ring (bicyclic) bond motifs is 7. The predicted molar refractivity (Wildman–Crippen MR) is 94.3 cm³/mol. The second-order valence-electron chi connectivity index (χ2n) is 5.70. The zero-order valence-corrected chi connectivity index (χ0v) is 12.0. The Hall–Kier alpha value is -2.93. The molecule has 0 saturated carbocycles. The highest BCUT2D eigenvalue weighted by molar-refractivity contribution is 6.21. The SMILES string of the molecule is c1ccc2c(c1)ccc1c2ccc2c3ccncc3ccc21. The lowest BCUT2D eigenvalue weighted by Crippen LogP contribution is -1.83. The second kappa shape index (κ2) is 4.28. The van der Waals surface area contributed by atoms with E-state index in [0.717, 1.165) is 0 Å². The van der Waals surface area contributed by atoms with E-state index in [1.807, 2.05) is 12.4 Å². The molecule has 1 heteroatoms. The van der Waals surface area contributed by atoms with Crippen molar-refractivity contribution in [3.05, 3.63) is 79.1 Å². The first kappa shape index (κ1) is 11.7. The van der Waals surface area contributed by atoms with Gasteiger partial charge in [0.2, 0.25) is 0 Å². The van der Waals surface area contributed by atoms with Gasteiger partial charge in [-0.3, -0.25) is 4.98 Å². The molecule has 0 saturated heterocycles. The Labute approximate surface area is 127 Å². The van der Waals surface area contributed by atoms with E-state index in [1.165, 1.54) is 43.1 Å². The van der Waals surface area contributed by atoms with Crippen molar-refractivity contribution in [3.63, 3.8) is 0 Å². The van der Waals surface area contributed by atoms with E-state index in [-0.39, 0.29) is 0 Å². The molecule has 4 aromatic carbocycles. The molecule has 102 valence electrons. The zero-order chi connectivity index (χ0) is 14.5. The Balaban J connectivity index is 2.04. The second-order valence-corrected chi connectivity index (χ2v) is 5.70. The zero-order valence-electron chi connectivity index (χ0n) is 12.0. The highest BCUT2D eigenvalue weighted by Crippen LogP contribution is 2.34. The standard InChI is InChI=1S/C21H13N/c1-2-4-16-14(3-1)5-7-20-18(16)9-10-19-17-11-12-22-13-15(17)6-8-21(19)20/h1-13H. The summed E-state index contributed by atoms with van der Waals surface area (Å²) >= 11 is 0. The summed E-state index contributed by atoms with van der Waals surface area (Å²) in [5.74, 6) is 0. The summed E-state index contributed by atoms with van der Waals surface area (Å²) in [5, 5.41) is 10.3. The van der Waals surface area contributed by atoms with Crippen molar-refractivity contribution in [3.8, 4) is 0 Å².